The third kappa shape index (κ3) is 3.33. The standard InChI is InChI=1S/C13H8ClF3O3/c1-7-10(12(14)18)6-11(19-7)8-2-4-9(5-3-8)20-13(15,16)17/h2-6H,1H3. The highest BCUT2D eigenvalue weighted by atomic mass is 35.5. The number of furan rings is 1. The molecule has 0 bridgehead atoms. The second-order valence-electron chi connectivity index (χ2n) is 3.93. The van der Waals surface area contributed by atoms with Gasteiger partial charge in [-0.2, -0.15) is 0 Å². The van der Waals surface area contributed by atoms with E-state index in [4.69, 9.17) is 16.0 Å². The van der Waals surface area contributed by atoms with Gasteiger partial charge in [-0.25, -0.2) is 0 Å². The van der Waals surface area contributed by atoms with Gasteiger partial charge in [0.05, 0.1) is 5.56 Å². The van der Waals surface area contributed by atoms with Gasteiger partial charge in [0, 0.05) is 5.56 Å². The predicted molar refractivity (Wildman–Crippen MR) is 65.7 cm³/mol. The number of halogens is 4. The number of carbonyl (C=O) groups excluding carboxylic acids is 1. The summed E-state index contributed by atoms with van der Waals surface area (Å²) >= 11 is 5.36. The van der Waals surface area contributed by atoms with Crippen LogP contribution in [-0.2, 0) is 0 Å². The van der Waals surface area contributed by atoms with Crippen molar-refractivity contribution in [3.05, 3.63) is 41.7 Å². The van der Waals surface area contributed by atoms with Crippen molar-refractivity contribution < 1.29 is 27.1 Å². The van der Waals surface area contributed by atoms with E-state index in [-0.39, 0.29) is 11.3 Å². The second-order valence-corrected chi connectivity index (χ2v) is 4.27. The van der Waals surface area contributed by atoms with Crippen LogP contribution in [0.3, 0.4) is 0 Å². The number of alkyl halides is 3. The summed E-state index contributed by atoms with van der Waals surface area (Å²) in [6.07, 6.45) is -4.74. The lowest BCUT2D eigenvalue weighted by atomic mass is 10.1. The lowest BCUT2D eigenvalue weighted by molar-refractivity contribution is -0.274. The number of aryl methyl sites for hydroxylation is 1. The number of rotatable bonds is 3. The summed E-state index contributed by atoms with van der Waals surface area (Å²) in [6.45, 7) is 1.57. The van der Waals surface area contributed by atoms with Crippen molar-refractivity contribution in [2.24, 2.45) is 0 Å². The molecule has 0 aliphatic rings. The Morgan fingerprint density at radius 1 is 1.25 bits per heavy atom. The van der Waals surface area contributed by atoms with E-state index in [1.54, 1.807) is 6.92 Å². The minimum Gasteiger partial charge on any atom is -0.461 e. The molecule has 0 amide bonds. The molecule has 0 saturated carbocycles. The first-order valence-corrected chi connectivity index (χ1v) is 5.80. The summed E-state index contributed by atoms with van der Waals surface area (Å²) in [4.78, 5) is 11.1. The Balaban J connectivity index is 2.26. The van der Waals surface area contributed by atoms with Crippen LogP contribution < -0.4 is 4.74 Å². The topological polar surface area (TPSA) is 39.4 Å². The summed E-state index contributed by atoms with van der Waals surface area (Å²) in [5.74, 6) is 0.346. The Bertz CT molecular complexity index is 629. The van der Waals surface area contributed by atoms with Gasteiger partial charge < -0.3 is 9.15 Å². The van der Waals surface area contributed by atoms with Crippen LogP contribution in [0, 0.1) is 6.92 Å². The lowest BCUT2D eigenvalue weighted by Gasteiger charge is -2.08. The first kappa shape index (κ1) is 14.5. The fourth-order valence-electron chi connectivity index (χ4n) is 1.64. The highest BCUT2D eigenvalue weighted by molar-refractivity contribution is 6.67. The molecule has 3 nitrogen and oxygen atoms in total. The number of benzene rings is 1. The fourth-order valence-corrected chi connectivity index (χ4v) is 1.83. The minimum atomic E-state index is -4.74. The van der Waals surface area contributed by atoms with Crippen LogP contribution >= 0.6 is 11.6 Å². The molecule has 0 atom stereocenters. The first-order chi connectivity index (χ1) is 9.26. The molecule has 106 valence electrons. The molecule has 0 N–H and O–H groups in total. The van der Waals surface area contributed by atoms with Crippen LogP contribution in [0.5, 0.6) is 5.75 Å². The molecule has 1 aromatic carbocycles. The number of ether oxygens (including phenoxy) is 1. The molecular formula is C13H8ClF3O3. The summed E-state index contributed by atoms with van der Waals surface area (Å²) < 4.78 is 45.1. The largest absolute Gasteiger partial charge is 0.573 e. The predicted octanol–water partition coefficient (Wildman–Crippen LogP) is 4.53. The van der Waals surface area contributed by atoms with Crippen LogP contribution in [-0.4, -0.2) is 11.6 Å². The van der Waals surface area contributed by atoms with Crippen molar-refractivity contribution in [1.82, 2.24) is 0 Å². The van der Waals surface area contributed by atoms with E-state index in [0.29, 0.717) is 17.1 Å². The SMILES string of the molecule is Cc1oc(-c2ccc(OC(F)(F)F)cc2)cc1C(=O)Cl. The Kier molecular flexibility index (Phi) is 3.76. The number of hydrogen-bond donors (Lipinski definition) is 0. The molecular weight excluding hydrogens is 297 g/mol. The molecule has 20 heavy (non-hydrogen) atoms. The van der Waals surface area contributed by atoms with Crippen molar-refractivity contribution in [1.29, 1.82) is 0 Å². The molecule has 0 radical (unpaired) electrons. The summed E-state index contributed by atoms with van der Waals surface area (Å²) in [7, 11) is 0. The maximum atomic E-state index is 12.0. The molecule has 7 heteroatoms. The molecule has 0 spiro atoms. The van der Waals surface area contributed by atoms with Crippen molar-refractivity contribution in [2.45, 2.75) is 13.3 Å². The third-order valence-corrected chi connectivity index (χ3v) is 2.71. The van der Waals surface area contributed by atoms with Crippen LogP contribution in [0.15, 0.2) is 34.7 Å². The van der Waals surface area contributed by atoms with E-state index in [9.17, 15) is 18.0 Å². The molecule has 1 heterocycles. The zero-order valence-corrected chi connectivity index (χ0v) is 10.9. The lowest BCUT2D eigenvalue weighted by Crippen LogP contribution is -2.16. The highest BCUT2D eigenvalue weighted by Gasteiger charge is 2.31. The van der Waals surface area contributed by atoms with Crippen LogP contribution in [0.25, 0.3) is 11.3 Å². The zero-order chi connectivity index (χ0) is 14.9. The van der Waals surface area contributed by atoms with Gasteiger partial charge in [0.15, 0.2) is 0 Å². The van der Waals surface area contributed by atoms with Gasteiger partial charge in [0.1, 0.15) is 17.3 Å². The minimum absolute atomic E-state index is 0.220. The summed E-state index contributed by atoms with van der Waals surface area (Å²) in [5, 5.41) is -0.658. The molecule has 2 aromatic rings. The van der Waals surface area contributed by atoms with Crippen LogP contribution in [0.4, 0.5) is 13.2 Å². The Morgan fingerprint density at radius 3 is 2.30 bits per heavy atom. The third-order valence-electron chi connectivity index (χ3n) is 2.50. The van der Waals surface area contributed by atoms with Gasteiger partial charge in [0.25, 0.3) is 5.24 Å². The Morgan fingerprint density at radius 2 is 1.85 bits per heavy atom. The summed E-state index contributed by atoms with van der Waals surface area (Å²) in [6, 6.07) is 6.53. The van der Waals surface area contributed by atoms with Gasteiger partial charge >= 0.3 is 6.36 Å². The molecule has 0 aliphatic carbocycles. The average molecular weight is 305 g/mol. The maximum absolute atomic E-state index is 12.0. The van der Waals surface area contributed by atoms with Gasteiger partial charge in [-0.3, -0.25) is 4.79 Å². The summed E-state index contributed by atoms with van der Waals surface area (Å²) in [5.41, 5.74) is 0.726. The molecule has 0 aliphatic heterocycles. The Hall–Kier alpha value is -1.95. The molecule has 0 saturated heterocycles. The zero-order valence-electron chi connectivity index (χ0n) is 10.1. The van der Waals surface area contributed by atoms with Crippen molar-refractivity contribution in [3.8, 4) is 17.1 Å². The van der Waals surface area contributed by atoms with E-state index < -0.39 is 11.6 Å². The van der Waals surface area contributed by atoms with Gasteiger partial charge in [-0.05, 0) is 48.9 Å². The maximum Gasteiger partial charge on any atom is 0.573 e. The number of hydrogen-bond acceptors (Lipinski definition) is 3. The van der Waals surface area contributed by atoms with Gasteiger partial charge in [-0.15, -0.1) is 13.2 Å². The van der Waals surface area contributed by atoms with Crippen molar-refractivity contribution in [2.75, 3.05) is 0 Å². The molecule has 1 aromatic heterocycles. The van der Waals surface area contributed by atoms with Crippen molar-refractivity contribution in [3.63, 3.8) is 0 Å². The van der Waals surface area contributed by atoms with E-state index >= 15 is 0 Å². The first-order valence-electron chi connectivity index (χ1n) is 5.43. The second kappa shape index (κ2) is 5.20. The average Bonchev–Trinajstić information content (AvgIpc) is 2.70. The molecule has 0 unspecified atom stereocenters. The normalized spacial score (nSPS) is 11.4. The Labute approximate surface area is 116 Å². The highest BCUT2D eigenvalue weighted by Crippen LogP contribution is 2.29. The monoisotopic (exact) mass is 304 g/mol. The quantitative estimate of drug-likeness (QED) is 0.782. The van der Waals surface area contributed by atoms with Gasteiger partial charge in [0.2, 0.25) is 0 Å². The van der Waals surface area contributed by atoms with E-state index in [2.05, 4.69) is 4.74 Å². The van der Waals surface area contributed by atoms with Gasteiger partial charge in [-0.1, -0.05) is 0 Å². The van der Waals surface area contributed by atoms with E-state index in [1.807, 2.05) is 0 Å². The van der Waals surface area contributed by atoms with Crippen molar-refractivity contribution >= 4 is 16.8 Å². The fraction of sp³-hybridized carbons (Fsp3) is 0.154. The molecule has 2 rings (SSSR count). The van der Waals surface area contributed by atoms with E-state index in [1.165, 1.54) is 18.2 Å². The van der Waals surface area contributed by atoms with E-state index in [0.717, 1.165) is 12.1 Å². The number of carbonyl (C=O) groups is 1. The van der Waals surface area contributed by atoms with Crippen LogP contribution in [0.2, 0.25) is 0 Å². The molecule has 0 fully saturated rings. The van der Waals surface area contributed by atoms with Crippen LogP contribution in [0.1, 0.15) is 16.1 Å². The smallest absolute Gasteiger partial charge is 0.461 e.